The van der Waals surface area contributed by atoms with E-state index < -0.39 is 5.79 Å². The van der Waals surface area contributed by atoms with E-state index in [0.29, 0.717) is 17.9 Å². The number of allylic oxidation sites excluding steroid dienone is 2. The van der Waals surface area contributed by atoms with Crippen molar-refractivity contribution in [2.24, 2.45) is 0 Å². The summed E-state index contributed by atoms with van der Waals surface area (Å²) >= 11 is 1.73. The molecule has 1 aromatic heterocycles. The van der Waals surface area contributed by atoms with Crippen molar-refractivity contribution in [3.63, 3.8) is 0 Å². The molecule has 0 radical (unpaired) electrons. The molecular weight excluding hydrogens is 392 g/mol. The maximum Gasteiger partial charge on any atom is 0.186 e. The first-order valence-electron chi connectivity index (χ1n) is 10.1. The summed E-state index contributed by atoms with van der Waals surface area (Å²) in [5.74, 6) is -1.40. The summed E-state index contributed by atoms with van der Waals surface area (Å²) in [5, 5.41) is 24.5. The third-order valence-corrected chi connectivity index (χ3v) is 6.43. The van der Waals surface area contributed by atoms with E-state index in [0.717, 1.165) is 12.0 Å². The van der Waals surface area contributed by atoms with Gasteiger partial charge in [-0.1, -0.05) is 37.8 Å². The van der Waals surface area contributed by atoms with Crippen molar-refractivity contribution in [2.45, 2.75) is 65.1 Å². The molecule has 2 aromatic rings. The topological polar surface area (TPSA) is 72.0 Å². The Balaban J connectivity index is 0.00000450. The zero-order chi connectivity index (χ0) is 21.8. The quantitative estimate of drug-likeness (QED) is 0.303. The fourth-order valence-corrected chi connectivity index (χ4v) is 4.71. The molecule has 0 saturated heterocycles. The molecule has 0 aliphatic heterocycles. The lowest BCUT2D eigenvalue weighted by atomic mass is 9.81. The van der Waals surface area contributed by atoms with Crippen LogP contribution in [0.4, 0.5) is 0 Å². The first-order valence-corrected chi connectivity index (χ1v) is 11.1. The van der Waals surface area contributed by atoms with Crippen LogP contribution in [0, 0.1) is 13.8 Å². The van der Waals surface area contributed by atoms with Gasteiger partial charge in [-0.3, -0.25) is 0 Å². The molecule has 0 saturated carbocycles. The second-order valence-corrected chi connectivity index (χ2v) is 8.95. The van der Waals surface area contributed by atoms with Crippen LogP contribution in [-0.2, 0) is 6.42 Å². The molecule has 164 valence electrons. The molecule has 1 heterocycles. The Morgan fingerprint density at radius 3 is 2.37 bits per heavy atom. The first-order chi connectivity index (χ1) is 13.6. The third kappa shape index (κ3) is 6.26. The number of benzene rings is 1. The highest BCUT2D eigenvalue weighted by atomic mass is 32.1. The molecule has 4 N–H and O–H groups in total. The van der Waals surface area contributed by atoms with Crippen LogP contribution in [0.3, 0.4) is 0 Å². The zero-order valence-electron chi connectivity index (χ0n) is 18.8. The summed E-state index contributed by atoms with van der Waals surface area (Å²) in [4.78, 5) is 0. The molecule has 0 aliphatic carbocycles. The highest BCUT2D eigenvalue weighted by Gasteiger charge is 2.26. The van der Waals surface area contributed by atoms with E-state index in [1.807, 2.05) is 6.08 Å². The van der Waals surface area contributed by atoms with Crippen molar-refractivity contribution < 1.29 is 15.7 Å². The smallest absolute Gasteiger partial charge is 0.186 e. The van der Waals surface area contributed by atoms with E-state index in [2.05, 4.69) is 62.9 Å². The molecule has 4 heteroatoms. The van der Waals surface area contributed by atoms with Crippen molar-refractivity contribution in [1.82, 2.24) is 0 Å². The molecular formula is C26H36O3S. The molecule has 30 heavy (non-hydrogen) atoms. The number of aliphatic hydroxyl groups is 2. The summed E-state index contributed by atoms with van der Waals surface area (Å²) in [5.41, 5.74) is 7.66. The minimum atomic E-state index is -1.89. The monoisotopic (exact) mass is 428 g/mol. The Morgan fingerprint density at radius 2 is 1.87 bits per heavy atom. The summed E-state index contributed by atoms with van der Waals surface area (Å²) in [6.45, 7) is 18.0. The van der Waals surface area contributed by atoms with E-state index in [1.54, 1.807) is 24.3 Å². The van der Waals surface area contributed by atoms with Crippen LogP contribution in [-0.4, -0.2) is 21.5 Å². The Morgan fingerprint density at radius 1 is 1.23 bits per heavy atom. The highest BCUT2D eigenvalue weighted by Crippen LogP contribution is 2.35. The Labute approximate surface area is 185 Å². The van der Waals surface area contributed by atoms with Crippen molar-refractivity contribution >= 4 is 11.3 Å². The lowest BCUT2D eigenvalue weighted by Gasteiger charge is -2.26. The highest BCUT2D eigenvalue weighted by molar-refractivity contribution is 7.07. The van der Waals surface area contributed by atoms with Crippen molar-refractivity contribution in [3.8, 4) is 0 Å². The van der Waals surface area contributed by atoms with E-state index in [1.165, 1.54) is 34.7 Å². The fraction of sp³-hybridized carbons (Fsp3) is 0.385. The van der Waals surface area contributed by atoms with Gasteiger partial charge in [0.15, 0.2) is 5.79 Å². The number of rotatable bonds is 9. The molecule has 2 atom stereocenters. The predicted molar refractivity (Wildman–Crippen MR) is 129 cm³/mol. The van der Waals surface area contributed by atoms with Crippen LogP contribution in [0.5, 0.6) is 0 Å². The van der Waals surface area contributed by atoms with Crippen LogP contribution in [0.15, 0.2) is 65.4 Å². The molecule has 2 rings (SSSR count). The number of aryl methyl sites for hydroxylation is 2. The van der Waals surface area contributed by atoms with E-state index in [-0.39, 0.29) is 11.4 Å². The minimum absolute atomic E-state index is 0. The Hall–Kier alpha value is -1.98. The van der Waals surface area contributed by atoms with Gasteiger partial charge in [0, 0.05) is 11.5 Å². The van der Waals surface area contributed by atoms with Crippen molar-refractivity contribution in [1.29, 1.82) is 0 Å². The van der Waals surface area contributed by atoms with Crippen LogP contribution in [0.1, 0.15) is 66.8 Å². The average molecular weight is 429 g/mol. The van der Waals surface area contributed by atoms with Gasteiger partial charge in [0.1, 0.15) is 0 Å². The second-order valence-electron chi connectivity index (χ2n) is 8.17. The Bertz CT molecular complexity index is 886. The van der Waals surface area contributed by atoms with Gasteiger partial charge in [-0.2, -0.15) is 11.3 Å². The predicted octanol–water partition coefficient (Wildman–Crippen LogP) is 5.75. The number of hydrogen-bond acceptors (Lipinski definition) is 3. The molecule has 1 aromatic carbocycles. The zero-order valence-corrected chi connectivity index (χ0v) is 19.6. The van der Waals surface area contributed by atoms with Gasteiger partial charge < -0.3 is 15.7 Å². The van der Waals surface area contributed by atoms with Crippen molar-refractivity contribution in [3.05, 3.63) is 93.2 Å². The molecule has 0 aliphatic rings. The Kier molecular flexibility index (Phi) is 9.44. The van der Waals surface area contributed by atoms with Crippen LogP contribution >= 0.6 is 11.3 Å². The van der Waals surface area contributed by atoms with Crippen LogP contribution in [0.25, 0.3) is 0 Å². The molecule has 0 fully saturated rings. The van der Waals surface area contributed by atoms with Gasteiger partial charge in [-0.25, -0.2) is 0 Å². The minimum Gasteiger partial charge on any atom is -0.412 e. The van der Waals surface area contributed by atoms with Crippen LogP contribution < -0.4 is 0 Å². The van der Waals surface area contributed by atoms with E-state index >= 15 is 0 Å². The maximum atomic E-state index is 10.1. The van der Waals surface area contributed by atoms with Gasteiger partial charge in [0.2, 0.25) is 0 Å². The summed E-state index contributed by atoms with van der Waals surface area (Å²) < 4.78 is 0. The van der Waals surface area contributed by atoms with Crippen molar-refractivity contribution in [2.75, 3.05) is 0 Å². The lowest BCUT2D eigenvalue weighted by molar-refractivity contribution is -0.109. The largest absolute Gasteiger partial charge is 0.412 e. The molecule has 2 unspecified atom stereocenters. The van der Waals surface area contributed by atoms with Gasteiger partial charge in [-0.15, -0.1) is 6.58 Å². The van der Waals surface area contributed by atoms with Gasteiger partial charge >= 0.3 is 0 Å². The maximum absolute atomic E-state index is 10.1. The average Bonchev–Trinajstić information content (AvgIpc) is 3.17. The second kappa shape index (κ2) is 10.9. The number of thiophene rings is 1. The van der Waals surface area contributed by atoms with Gasteiger partial charge in [0.05, 0.1) is 0 Å². The van der Waals surface area contributed by atoms with E-state index in [9.17, 15) is 10.2 Å². The van der Waals surface area contributed by atoms with Gasteiger partial charge in [-0.05, 0) is 96.7 Å². The summed E-state index contributed by atoms with van der Waals surface area (Å²) in [7, 11) is 0. The lowest BCUT2D eigenvalue weighted by Crippen LogP contribution is -2.27. The third-order valence-electron chi connectivity index (χ3n) is 5.72. The SMILES string of the molecule is C=CC(CC(=C)/C(=C\C)C(C)(O)O)c1cc(C)c(C)cc1CC(C)c1ccsc1.O. The molecule has 0 amide bonds. The number of hydrogen-bond donors (Lipinski definition) is 2. The van der Waals surface area contributed by atoms with Gasteiger partial charge in [0.25, 0.3) is 0 Å². The normalized spacial score (nSPS) is 14.0. The van der Waals surface area contributed by atoms with Crippen LogP contribution in [0.2, 0.25) is 0 Å². The fourth-order valence-electron chi connectivity index (χ4n) is 3.93. The summed E-state index contributed by atoms with van der Waals surface area (Å²) in [6, 6.07) is 6.76. The standard InChI is InChI=1S/C26H34O2S.H2O/c1-8-21(14-20(6)25(9-2)26(7,27)28)24-15-18(4)17(3)12-23(24)13-19(5)22-10-11-29-16-22;/h8-12,15-16,19,21,27-28H,1,6,13-14H2,2-5,7H3;1H2/b25-9+;. The molecule has 3 nitrogen and oxygen atoms in total. The summed E-state index contributed by atoms with van der Waals surface area (Å²) in [6.07, 6.45) is 5.23. The molecule has 0 spiro atoms. The molecule has 0 bridgehead atoms. The van der Waals surface area contributed by atoms with E-state index in [4.69, 9.17) is 0 Å². The first kappa shape index (κ1) is 26.1.